The molecule has 0 aromatic rings. The highest BCUT2D eigenvalue weighted by molar-refractivity contribution is 4.83. The average Bonchev–Trinajstić information content (AvgIpc) is 1.78. The molecular formula is C9H17N. The summed E-state index contributed by atoms with van der Waals surface area (Å²) in [6, 6.07) is 0. The summed E-state index contributed by atoms with van der Waals surface area (Å²) in [5.74, 6) is 2.61. The summed E-state index contributed by atoms with van der Waals surface area (Å²) in [6.07, 6.45) is 9.30. The molecule has 0 heterocycles. The smallest absolute Gasteiger partial charge is 0.00970 e. The van der Waals surface area contributed by atoms with Gasteiger partial charge in [-0.15, -0.1) is 12.3 Å². The van der Waals surface area contributed by atoms with E-state index in [0.717, 1.165) is 25.7 Å². The Hall–Kier alpha value is -0.480. The molecule has 0 aliphatic rings. The molecule has 0 spiro atoms. The molecule has 0 aliphatic carbocycles. The molecule has 10 heavy (non-hydrogen) atoms. The van der Waals surface area contributed by atoms with Crippen LogP contribution in [-0.2, 0) is 0 Å². The van der Waals surface area contributed by atoms with E-state index in [-0.39, 0.29) is 5.54 Å². The zero-order valence-electron chi connectivity index (χ0n) is 6.98. The standard InChI is InChI=1S/C9H17N/c1-4-5-6-7-8-9(2,3)10/h1H,5-8,10H2,2-3H3. The van der Waals surface area contributed by atoms with E-state index in [2.05, 4.69) is 5.92 Å². The van der Waals surface area contributed by atoms with Gasteiger partial charge in [-0.2, -0.15) is 0 Å². The Kier molecular flexibility index (Phi) is 4.14. The maximum absolute atomic E-state index is 5.77. The summed E-state index contributed by atoms with van der Waals surface area (Å²) in [5, 5.41) is 0. The van der Waals surface area contributed by atoms with Crippen molar-refractivity contribution in [1.82, 2.24) is 0 Å². The predicted molar refractivity (Wildman–Crippen MR) is 45.6 cm³/mol. The van der Waals surface area contributed by atoms with Gasteiger partial charge in [-0.25, -0.2) is 0 Å². The van der Waals surface area contributed by atoms with E-state index in [1.165, 1.54) is 0 Å². The van der Waals surface area contributed by atoms with E-state index < -0.39 is 0 Å². The fourth-order valence-electron chi connectivity index (χ4n) is 0.808. The monoisotopic (exact) mass is 139 g/mol. The van der Waals surface area contributed by atoms with Crippen molar-refractivity contribution in [1.29, 1.82) is 0 Å². The quantitative estimate of drug-likeness (QED) is 0.467. The molecule has 2 N–H and O–H groups in total. The van der Waals surface area contributed by atoms with Crippen molar-refractivity contribution >= 4 is 0 Å². The van der Waals surface area contributed by atoms with Crippen LogP contribution in [0.5, 0.6) is 0 Å². The maximum Gasteiger partial charge on any atom is 0.00970 e. The van der Waals surface area contributed by atoms with E-state index in [0.29, 0.717) is 0 Å². The highest BCUT2D eigenvalue weighted by Gasteiger charge is 2.08. The Balaban J connectivity index is 3.14. The lowest BCUT2D eigenvalue weighted by Gasteiger charge is -2.17. The summed E-state index contributed by atoms with van der Waals surface area (Å²) >= 11 is 0. The summed E-state index contributed by atoms with van der Waals surface area (Å²) in [5.41, 5.74) is 5.75. The lowest BCUT2D eigenvalue weighted by Crippen LogP contribution is -2.31. The molecular weight excluding hydrogens is 122 g/mol. The largest absolute Gasteiger partial charge is 0.326 e. The molecule has 1 heteroatoms. The minimum absolute atomic E-state index is 0.0192. The van der Waals surface area contributed by atoms with Crippen molar-refractivity contribution in [3.05, 3.63) is 0 Å². The van der Waals surface area contributed by atoms with Gasteiger partial charge in [0.25, 0.3) is 0 Å². The molecule has 1 nitrogen and oxygen atoms in total. The summed E-state index contributed by atoms with van der Waals surface area (Å²) in [6.45, 7) is 4.09. The van der Waals surface area contributed by atoms with E-state index in [1.54, 1.807) is 0 Å². The van der Waals surface area contributed by atoms with Crippen LogP contribution in [0.1, 0.15) is 39.5 Å². The SMILES string of the molecule is C#CCCCCC(C)(C)N. The molecule has 0 atom stereocenters. The van der Waals surface area contributed by atoms with Crippen LogP contribution in [0.2, 0.25) is 0 Å². The number of hydrogen-bond donors (Lipinski definition) is 1. The van der Waals surface area contributed by atoms with E-state index >= 15 is 0 Å². The van der Waals surface area contributed by atoms with Crippen molar-refractivity contribution < 1.29 is 0 Å². The number of unbranched alkanes of at least 4 members (excludes halogenated alkanes) is 2. The molecule has 58 valence electrons. The molecule has 0 aromatic heterocycles. The molecule has 0 bridgehead atoms. The number of nitrogens with two attached hydrogens (primary N) is 1. The van der Waals surface area contributed by atoms with Gasteiger partial charge in [0, 0.05) is 12.0 Å². The van der Waals surface area contributed by atoms with Crippen LogP contribution in [0.4, 0.5) is 0 Å². The Bertz CT molecular complexity index is 114. The fourth-order valence-corrected chi connectivity index (χ4v) is 0.808. The van der Waals surface area contributed by atoms with Crippen LogP contribution in [-0.4, -0.2) is 5.54 Å². The summed E-state index contributed by atoms with van der Waals surface area (Å²) in [4.78, 5) is 0. The average molecular weight is 139 g/mol. The Morgan fingerprint density at radius 2 is 2.00 bits per heavy atom. The lowest BCUT2D eigenvalue weighted by atomic mass is 9.98. The van der Waals surface area contributed by atoms with Gasteiger partial charge in [0.15, 0.2) is 0 Å². The van der Waals surface area contributed by atoms with Crippen molar-refractivity contribution in [3.8, 4) is 12.3 Å². The third-order valence-corrected chi connectivity index (χ3v) is 1.39. The first kappa shape index (κ1) is 9.52. The van der Waals surface area contributed by atoms with Crippen molar-refractivity contribution in [3.63, 3.8) is 0 Å². The Labute approximate surface area is 64.0 Å². The maximum atomic E-state index is 5.77. The second-order valence-electron chi connectivity index (χ2n) is 3.40. The predicted octanol–water partition coefficient (Wildman–Crippen LogP) is 1.92. The van der Waals surface area contributed by atoms with Gasteiger partial charge >= 0.3 is 0 Å². The second kappa shape index (κ2) is 4.35. The zero-order valence-corrected chi connectivity index (χ0v) is 6.98. The number of rotatable bonds is 4. The Morgan fingerprint density at radius 3 is 2.40 bits per heavy atom. The minimum Gasteiger partial charge on any atom is -0.326 e. The van der Waals surface area contributed by atoms with E-state index in [4.69, 9.17) is 12.2 Å². The van der Waals surface area contributed by atoms with Crippen LogP contribution in [0.15, 0.2) is 0 Å². The number of hydrogen-bond acceptors (Lipinski definition) is 1. The molecule has 0 fully saturated rings. The van der Waals surface area contributed by atoms with E-state index in [1.807, 2.05) is 13.8 Å². The second-order valence-corrected chi connectivity index (χ2v) is 3.40. The summed E-state index contributed by atoms with van der Waals surface area (Å²) in [7, 11) is 0. The molecule has 0 unspecified atom stereocenters. The topological polar surface area (TPSA) is 26.0 Å². The van der Waals surface area contributed by atoms with Gasteiger partial charge in [-0.3, -0.25) is 0 Å². The third kappa shape index (κ3) is 7.52. The van der Waals surface area contributed by atoms with Crippen molar-refractivity contribution in [2.75, 3.05) is 0 Å². The lowest BCUT2D eigenvalue weighted by molar-refractivity contribution is 0.452. The third-order valence-electron chi connectivity index (χ3n) is 1.39. The van der Waals surface area contributed by atoms with Crippen molar-refractivity contribution in [2.24, 2.45) is 5.73 Å². The molecule has 0 saturated heterocycles. The van der Waals surface area contributed by atoms with Gasteiger partial charge in [0.2, 0.25) is 0 Å². The normalized spacial score (nSPS) is 11.0. The summed E-state index contributed by atoms with van der Waals surface area (Å²) < 4.78 is 0. The Morgan fingerprint density at radius 1 is 1.40 bits per heavy atom. The van der Waals surface area contributed by atoms with Crippen LogP contribution in [0, 0.1) is 12.3 Å². The highest BCUT2D eigenvalue weighted by Crippen LogP contribution is 2.09. The molecule has 0 aromatic carbocycles. The van der Waals surface area contributed by atoms with Gasteiger partial charge < -0.3 is 5.73 Å². The van der Waals surface area contributed by atoms with Gasteiger partial charge in [-0.1, -0.05) is 6.42 Å². The first-order chi connectivity index (χ1) is 4.56. The van der Waals surface area contributed by atoms with E-state index in [9.17, 15) is 0 Å². The molecule has 0 radical (unpaired) electrons. The molecule has 0 saturated carbocycles. The van der Waals surface area contributed by atoms with Gasteiger partial charge in [0.1, 0.15) is 0 Å². The van der Waals surface area contributed by atoms with Gasteiger partial charge in [-0.05, 0) is 26.7 Å². The van der Waals surface area contributed by atoms with Crippen LogP contribution >= 0.6 is 0 Å². The fraction of sp³-hybridized carbons (Fsp3) is 0.778. The first-order valence-electron chi connectivity index (χ1n) is 3.78. The molecule has 0 aliphatic heterocycles. The van der Waals surface area contributed by atoms with Crippen LogP contribution < -0.4 is 5.73 Å². The van der Waals surface area contributed by atoms with Crippen LogP contribution in [0.25, 0.3) is 0 Å². The zero-order chi connectivity index (χ0) is 8.04. The van der Waals surface area contributed by atoms with Crippen LogP contribution in [0.3, 0.4) is 0 Å². The first-order valence-corrected chi connectivity index (χ1v) is 3.78. The highest BCUT2D eigenvalue weighted by atomic mass is 14.7. The van der Waals surface area contributed by atoms with Crippen molar-refractivity contribution in [2.45, 2.75) is 45.1 Å². The van der Waals surface area contributed by atoms with Gasteiger partial charge in [0.05, 0.1) is 0 Å². The molecule has 0 amide bonds. The molecule has 0 rings (SSSR count). The number of terminal acetylenes is 1. The minimum atomic E-state index is -0.0192.